The Balaban J connectivity index is 1.54. The molecule has 2 amide bonds. The van der Waals surface area contributed by atoms with Crippen molar-refractivity contribution >= 4 is 33.8 Å². The van der Waals surface area contributed by atoms with Crippen molar-refractivity contribution in [2.24, 2.45) is 0 Å². The lowest BCUT2D eigenvalue weighted by molar-refractivity contribution is -0.114. The Hall–Kier alpha value is -3.63. The number of amides is 2. The molecular weight excluding hydrogens is 384 g/mol. The minimum atomic E-state index is -0.289. The average Bonchev–Trinajstić information content (AvgIpc) is 3.20. The van der Waals surface area contributed by atoms with Crippen LogP contribution in [0, 0.1) is 11.3 Å². The quantitative estimate of drug-likeness (QED) is 0.534. The normalized spacial score (nSPS) is 10.0. The van der Waals surface area contributed by atoms with E-state index in [1.165, 1.54) is 11.3 Å². The second-order valence-corrected chi connectivity index (χ2v) is 7.13. The van der Waals surface area contributed by atoms with E-state index in [4.69, 9.17) is 5.26 Å². The highest BCUT2D eigenvalue weighted by Crippen LogP contribution is 2.22. The number of anilines is 2. The number of nitrogens with one attached hydrogen (secondary N) is 3. The molecule has 3 N–H and O–H groups in total. The van der Waals surface area contributed by atoms with Crippen LogP contribution in [0.15, 0.2) is 66.0 Å². The topological polar surface area (TPSA) is 94.0 Å². The summed E-state index contributed by atoms with van der Waals surface area (Å²) >= 11 is 1.29. The Kier molecular flexibility index (Phi) is 6.98. The Morgan fingerprint density at radius 3 is 2.55 bits per heavy atom. The minimum Gasteiger partial charge on any atom is -0.376 e. The van der Waals surface area contributed by atoms with Crippen molar-refractivity contribution in [3.63, 3.8) is 0 Å². The van der Waals surface area contributed by atoms with E-state index >= 15 is 0 Å². The van der Waals surface area contributed by atoms with E-state index in [0.29, 0.717) is 28.4 Å². The molecule has 0 aliphatic rings. The van der Waals surface area contributed by atoms with Crippen LogP contribution in [-0.4, -0.2) is 24.9 Å². The fourth-order valence-corrected chi connectivity index (χ4v) is 3.49. The van der Waals surface area contributed by atoms with Crippen LogP contribution in [0.3, 0.4) is 0 Å². The molecule has 0 bridgehead atoms. The molecule has 0 spiro atoms. The largest absolute Gasteiger partial charge is 0.376 e. The first kappa shape index (κ1) is 20.1. The van der Waals surface area contributed by atoms with Crippen LogP contribution in [0.25, 0.3) is 0 Å². The maximum Gasteiger partial charge on any atom is 0.253 e. The Labute approximate surface area is 173 Å². The molecule has 7 heteroatoms. The number of carbonyl (C=O) groups is 2. The molecule has 0 saturated carbocycles. The molecule has 0 fully saturated rings. The number of rotatable bonds is 8. The summed E-state index contributed by atoms with van der Waals surface area (Å²) in [7, 11) is 0. The molecule has 1 aromatic heterocycles. The van der Waals surface area contributed by atoms with Crippen molar-refractivity contribution in [3.05, 3.63) is 82.7 Å². The molecule has 0 unspecified atom stereocenters. The van der Waals surface area contributed by atoms with Crippen LogP contribution >= 0.6 is 11.3 Å². The summed E-state index contributed by atoms with van der Waals surface area (Å²) in [4.78, 5) is 24.7. The van der Waals surface area contributed by atoms with Crippen LogP contribution < -0.4 is 16.0 Å². The first-order valence-electron chi connectivity index (χ1n) is 9.10. The van der Waals surface area contributed by atoms with Gasteiger partial charge in [-0.25, -0.2) is 0 Å². The SMILES string of the molecule is N#Cc1ccsc1NC(=O)CNc1ccccc1C(=O)NCCc1ccccc1. The second-order valence-electron chi connectivity index (χ2n) is 6.21. The molecule has 0 atom stereocenters. The van der Waals surface area contributed by atoms with Crippen molar-refractivity contribution in [3.8, 4) is 6.07 Å². The lowest BCUT2D eigenvalue weighted by Gasteiger charge is -2.12. The summed E-state index contributed by atoms with van der Waals surface area (Å²) in [5, 5.41) is 19.9. The van der Waals surface area contributed by atoms with Gasteiger partial charge in [0.05, 0.1) is 17.7 Å². The zero-order valence-electron chi connectivity index (χ0n) is 15.6. The molecule has 146 valence electrons. The fraction of sp³-hybridized carbons (Fsp3) is 0.136. The van der Waals surface area contributed by atoms with Crippen molar-refractivity contribution in [2.45, 2.75) is 6.42 Å². The summed E-state index contributed by atoms with van der Waals surface area (Å²) in [5.41, 5.74) is 2.64. The van der Waals surface area contributed by atoms with Crippen LogP contribution in [0.1, 0.15) is 21.5 Å². The average molecular weight is 404 g/mol. The highest BCUT2D eigenvalue weighted by atomic mass is 32.1. The number of benzene rings is 2. The standard InChI is InChI=1S/C22H20N4O2S/c23-14-17-11-13-29-22(17)26-20(27)15-25-19-9-5-4-8-18(19)21(28)24-12-10-16-6-2-1-3-7-16/h1-9,11,13,25H,10,12,15H2,(H,24,28)(H,26,27). The van der Waals surface area contributed by atoms with Crippen LogP contribution in [-0.2, 0) is 11.2 Å². The fourth-order valence-electron chi connectivity index (χ4n) is 2.74. The summed E-state index contributed by atoms with van der Waals surface area (Å²) in [5.74, 6) is -0.488. The third kappa shape index (κ3) is 5.67. The van der Waals surface area contributed by atoms with E-state index in [-0.39, 0.29) is 18.4 Å². The van der Waals surface area contributed by atoms with E-state index in [2.05, 4.69) is 16.0 Å². The smallest absolute Gasteiger partial charge is 0.253 e. The predicted molar refractivity (Wildman–Crippen MR) is 115 cm³/mol. The molecule has 0 aliphatic carbocycles. The highest BCUT2D eigenvalue weighted by Gasteiger charge is 2.12. The maximum absolute atomic E-state index is 12.6. The number of para-hydroxylation sites is 1. The number of carbonyl (C=O) groups excluding carboxylic acids is 2. The molecule has 0 saturated heterocycles. The van der Waals surface area contributed by atoms with Crippen molar-refractivity contribution < 1.29 is 9.59 Å². The van der Waals surface area contributed by atoms with Gasteiger partial charge in [0.25, 0.3) is 5.91 Å². The molecule has 3 aromatic rings. The molecular formula is C22H20N4O2S. The third-order valence-corrected chi connectivity index (χ3v) is 5.02. The van der Waals surface area contributed by atoms with Gasteiger partial charge in [0, 0.05) is 12.2 Å². The van der Waals surface area contributed by atoms with Crippen molar-refractivity contribution in [1.82, 2.24) is 5.32 Å². The van der Waals surface area contributed by atoms with Gasteiger partial charge in [-0.1, -0.05) is 42.5 Å². The van der Waals surface area contributed by atoms with Gasteiger partial charge in [0.1, 0.15) is 11.1 Å². The van der Waals surface area contributed by atoms with Gasteiger partial charge in [0.15, 0.2) is 0 Å². The number of hydrogen-bond acceptors (Lipinski definition) is 5. The second kappa shape index (κ2) is 10.1. The number of nitrogens with zero attached hydrogens (tertiary/aromatic N) is 1. The Morgan fingerprint density at radius 1 is 1.00 bits per heavy atom. The molecule has 1 heterocycles. The zero-order chi connectivity index (χ0) is 20.5. The summed E-state index contributed by atoms with van der Waals surface area (Å²) in [6, 6.07) is 20.7. The first-order valence-corrected chi connectivity index (χ1v) is 9.98. The molecule has 6 nitrogen and oxygen atoms in total. The van der Waals surface area contributed by atoms with E-state index in [0.717, 1.165) is 12.0 Å². The Morgan fingerprint density at radius 2 is 1.76 bits per heavy atom. The maximum atomic E-state index is 12.6. The van der Waals surface area contributed by atoms with Crippen LogP contribution in [0.4, 0.5) is 10.7 Å². The summed E-state index contributed by atoms with van der Waals surface area (Å²) in [6.07, 6.45) is 0.743. The zero-order valence-corrected chi connectivity index (χ0v) is 16.5. The summed E-state index contributed by atoms with van der Waals surface area (Å²) < 4.78 is 0. The molecule has 0 aliphatic heterocycles. The molecule has 29 heavy (non-hydrogen) atoms. The molecule has 0 radical (unpaired) electrons. The van der Waals surface area contributed by atoms with Gasteiger partial charge in [0.2, 0.25) is 5.91 Å². The predicted octanol–water partition coefficient (Wildman–Crippen LogP) is 3.64. The van der Waals surface area contributed by atoms with Crippen LogP contribution in [0.5, 0.6) is 0 Å². The monoisotopic (exact) mass is 404 g/mol. The summed E-state index contributed by atoms with van der Waals surface area (Å²) in [6.45, 7) is 0.504. The number of hydrogen-bond donors (Lipinski definition) is 3. The Bertz CT molecular complexity index is 1020. The van der Waals surface area contributed by atoms with Crippen LogP contribution in [0.2, 0.25) is 0 Å². The van der Waals surface area contributed by atoms with Gasteiger partial charge < -0.3 is 16.0 Å². The van der Waals surface area contributed by atoms with E-state index in [1.807, 2.05) is 36.4 Å². The van der Waals surface area contributed by atoms with Gasteiger partial charge in [-0.3, -0.25) is 9.59 Å². The van der Waals surface area contributed by atoms with Crippen molar-refractivity contribution in [1.29, 1.82) is 5.26 Å². The number of thiophene rings is 1. The van der Waals surface area contributed by atoms with Gasteiger partial charge in [-0.2, -0.15) is 5.26 Å². The first-order chi connectivity index (χ1) is 14.2. The van der Waals surface area contributed by atoms with E-state index < -0.39 is 0 Å². The third-order valence-electron chi connectivity index (χ3n) is 4.19. The lowest BCUT2D eigenvalue weighted by Crippen LogP contribution is -2.27. The van der Waals surface area contributed by atoms with Gasteiger partial charge in [-0.15, -0.1) is 11.3 Å². The molecule has 3 rings (SSSR count). The van der Waals surface area contributed by atoms with E-state index in [1.54, 1.807) is 35.7 Å². The molecule has 2 aromatic carbocycles. The lowest BCUT2D eigenvalue weighted by atomic mass is 10.1. The van der Waals surface area contributed by atoms with E-state index in [9.17, 15) is 9.59 Å². The minimum absolute atomic E-state index is 0.0168. The van der Waals surface area contributed by atoms with Crippen molar-refractivity contribution in [2.75, 3.05) is 23.7 Å². The number of nitriles is 1. The highest BCUT2D eigenvalue weighted by molar-refractivity contribution is 7.14. The van der Waals surface area contributed by atoms with Gasteiger partial charge in [-0.05, 0) is 35.6 Å². The van der Waals surface area contributed by atoms with Gasteiger partial charge >= 0.3 is 0 Å².